The second kappa shape index (κ2) is 15.6. The molecule has 0 unspecified atom stereocenters. The Morgan fingerprint density at radius 2 is 1.50 bits per heavy atom. The molecule has 3 aromatic carbocycles. The van der Waals surface area contributed by atoms with Crippen molar-refractivity contribution in [2.24, 2.45) is 5.92 Å². The molecule has 14 heteroatoms. The van der Waals surface area contributed by atoms with Crippen LogP contribution in [0.25, 0.3) is 10.8 Å². The van der Waals surface area contributed by atoms with E-state index in [4.69, 9.17) is 23.2 Å². The average molecular weight is 623 g/mol. The molecular formula is C28H28Cl2F3LiN2O6. The fraction of sp³-hybridized carbons (Fsp3) is 0.321. The van der Waals surface area contributed by atoms with Crippen molar-refractivity contribution in [1.82, 2.24) is 5.32 Å². The van der Waals surface area contributed by atoms with Gasteiger partial charge in [0, 0.05) is 10.0 Å². The molecule has 42 heavy (non-hydrogen) atoms. The molecule has 1 aliphatic rings. The van der Waals surface area contributed by atoms with Gasteiger partial charge in [0.05, 0.1) is 23.2 Å². The van der Waals surface area contributed by atoms with Crippen molar-refractivity contribution >= 4 is 57.4 Å². The standard InChI is InChI=1S/C28H25Cl2F3N2O4.Li.2H2O/c29-21-12-18(28(31,32)33)13-22(30)19(21)14-24(36)34-23-11-17-9-5-4-8-16(17)10-20(23)26(37)35-25(27(38)39)15-6-2-1-3-7-15;;;/h4-5,8-13,15,25H,1-3,6-7,14H2,(H,34,36)(H,35,37)(H,38,39);;2*1H2/q;+1;;/p-1/t25-;;;/m0.../s1. The first-order valence-electron chi connectivity index (χ1n) is 12.4. The summed E-state index contributed by atoms with van der Waals surface area (Å²) >= 11 is 12.0. The number of halogens is 5. The molecule has 4 rings (SSSR count). The van der Waals surface area contributed by atoms with E-state index in [1.54, 1.807) is 36.4 Å². The molecular weight excluding hydrogens is 595 g/mol. The second-order valence-electron chi connectivity index (χ2n) is 9.57. The number of hydrogen-bond acceptors (Lipinski definition) is 4. The molecule has 0 aromatic heterocycles. The molecule has 0 radical (unpaired) electrons. The van der Waals surface area contributed by atoms with Gasteiger partial charge in [0.2, 0.25) is 5.91 Å². The van der Waals surface area contributed by atoms with Crippen LogP contribution in [0.1, 0.15) is 53.6 Å². The van der Waals surface area contributed by atoms with Crippen LogP contribution in [0.2, 0.25) is 10.0 Å². The number of carbonyl (C=O) groups is 3. The normalized spacial score (nSPS) is 14.0. The summed E-state index contributed by atoms with van der Waals surface area (Å²) in [5, 5.41) is 15.8. The molecule has 0 heterocycles. The molecule has 1 saturated carbocycles. The van der Waals surface area contributed by atoms with Gasteiger partial charge in [0.1, 0.15) is 6.04 Å². The third-order valence-electron chi connectivity index (χ3n) is 6.88. The van der Waals surface area contributed by atoms with E-state index in [0.717, 1.165) is 19.3 Å². The summed E-state index contributed by atoms with van der Waals surface area (Å²) < 4.78 is 39.2. The van der Waals surface area contributed by atoms with Crippen molar-refractivity contribution in [3.63, 3.8) is 0 Å². The van der Waals surface area contributed by atoms with Gasteiger partial charge < -0.3 is 26.7 Å². The number of carbonyl (C=O) groups excluding carboxylic acids is 2. The Hall–Kier alpha value is -2.78. The van der Waals surface area contributed by atoms with E-state index in [-0.39, 0.29) is 62.6 Å². The van der Waals surface area contributed by atoms with E-state index in [1.807, 2.05) is 0 Å². The zero-order valence-electron chi connectivity index (χ0n) is 22.5. The first-order chi connectivity index (χ1) is 18.4. The topological polar surface area (TPSA) is 157 Å². The molecule has 6 N–H and O–H groups in total. The number of rotatable bonds is 7. The van der Waals surface area contributed by atoms with E-state index >= 15 is 0 Å². The molecule has 0 saturated heterocycles. The van der Waals surface area contributed by atoms with E-state index in [1.165, 1.54) is 0 Å². The number of nitrogens with one attached hydrogen (secondary N) is 2. The van der Waals surface area contributed by atoms with Crippen molar-refractivity contribution in [2.75, 3.05) is 5.32 Å². The number of amides is 2. The van der Waals surface area contributed by atoms with Crippen LogP contribution in [0.4, 0.5) is 18.9 Å². The summed E-state index contributed by atoms with van der Waals surface area (Å²) in [4.78, 5) is 38.4. The van der Waals surface area contributed by atoms with Crippen LogP contribution in [-0.4, -0.2) is 39.9 Å². The first-order valence-corrected chi connectivity index (χ1v) is 13.1. The van der Waals surface area contributed by atoms with Crippen LogP contribution in [0.5, 0.6) is 0 Å². The number of carboxylic acid groups (broad SMARTS) is 1. The van der Waals surface area contributed by atoms with Gasteiger partial charge in [-0.25, -0.2) is 4.79 Å². The maximum Gasteiger partial charge on any atom is 1.00 e. The number of fused-ring (bicyclic) bond motifs is 1. The quantitative estimate of drug-likeness (QED) is 0.345. The minimum absolute atomic E-state index is 0. The zero-order valence-corrected chi connectivity index (χ0v) is 24.0. The van der Waals surface area contributed by atoms with Gasteiger partial charge in [0.15, 0.2) is 0 Å². The van der Waals surface area contributed by atoms with Crippen molar-refractivity contribution < 1.29 is 62.5 Å². The van der Waals surface area contributed by atoms with Gasteiger partial charge in [0.25, 0.3) is 5.91 Å². The summed E-state index contributed by atoms with van der Waals surface area (Å²) in [5.74, 6) is -2.68. The number of alkyl halides is 3. The molecule has 1 aliphatic carbocycles. The molecule has 222 valence electrons. The predicted molar refractivity (Wildman–Crippen MR) is 149 cm³/mol. The molecule has 1 atom stereocenters. The summed E-state index contributed by atoms with van der Waals surface area (Å²) in [6.07, 6.45) is -0.950. The number of aliphatic carboxylic acids is 1. The maximum atomic E-state index is 13.4. The van der Waals surface area contributed by atoms with Gasteiger partial charge in [-0.2, -0.15) is 13.2 Å². The Labute approximate surface area is 261 Å². The van der Waals surface area contributed by atoms with E-state index in [0.29, 0.717) is 35.7 Å². The first kappa shape index (κ1) is 37.2. The zero-order chi connectivity index (χ0) is 28.3. The van der Waals surface area contributed by atoms with E-state index in [9.17, 15) is 32.7 Å². The number of benzene rings is 3. The summed E-state index contributed by atoms with van der Waals surface area (Å²) in [6.45, 7) is 0. The Balaban J connectivity index is 0.00000294. The molecule has 8 nitrogen and oxygen atoms in total. The second-order valence-corrected chi connectivity index (χ2v) is 10.4. The van der Waals surface area contributed by atoms with Crippen molar-refractivity contribution in [3.05, 3.63) is 75.3 Å². The molecule has 0 aliphatic heterocycles. The number of hydrogen-bond donors (Lipinski definition) is 3. The third-order valence-corrected chi connectivity index (χ3v) is 7.56. The van der Waals surface area contributed by atoms with Crippen molar-refractivity contribution in [2.45, 2.75) is 50.7 Å². The van der Waals surface area contributed by atoms with Crippen molar-refractivity contribution in [3.8, 4) is 0 Å². The van der Waals surface area contributed by atoms with Crippen molar-refractivity contribution in [1.29, 1.82) is 0 Å². The molecule has 1 fully saturated rings. The Bertz CT molecular complexity index is 1410. The largest absolute Gasteiger partial charge is 1.00 e. The third kappa shape index (κ3) is 8.86. The van der Waals surface area contributed by atoms with Crippen LogP contribution < -0.4 is 29.5 Å². The summed E-state index contributed by atoms with van der Waals surface area (Å²) in [7, 11) is 0. The average Bonchev–Trinajstić information content (AvgIpc) is 2.88. The maximum absolute atomic E-state index is 13.4. The Morgan fingerprint density at radius 3 is 2.02 bits per heavy atom. The summed E-state index contributed by atoms with van der Waals surface area (Å²) in [5.41, 5.74) is -0.878. The Kier molecular flexibility index (Phi) is 13.8. The smallest absolute Gasteiger partial charge is 0.870 e. The molecule has 0 spiro atoms. The number of anilines is 1. The number of carboxylic acids is 1. The van der Waals surface area contributed by atoms with Gasteiger partial charge in [-0.1, -0.05) is 66.7 Å². The Morgan fingerprint density at radius 1 is 0.952 bits per heavy atom. The fourth-order valence-corrected chi connectivity index (χ4v) is 5.51. The van der Waals surface area contributed by atoms with Crippen LogP contribution in [0, 0.1) is 5.92 Å². The molecule has 0 bridgehead atoms. The predicted octanol–water partition coefficient (Wildman–Crippen LogP) is 3.11. The fourth-order valence-electron chi connectivity index (χ4n) is 4.89. The minimum atomic E-state index is -4.66. The van der Waals surface area contributed by atoms with Crippen LogP contribution in [0.3, 0.4) is 0 Å². The van der Waals surface area contributed by atoms with Gasteiger partial charge in [-0.05, 0) is 59.4 Å². The SMILES string of the molecule is O.O=C(Cc1c(Cl)cc(C(F)(F)F)cc1Cl)Nc1cc2ccccc2cc1C(=O)N[C@H](C(=O)O)C1CCCCC1.[Li+].[OH-]. The van der Waals surface area contributed by atoms with Gasteiger partial charge in [-0.3, -0.25) is 9.59 Å². The van der Waals surface area contributed by atoms with E-state index < -0.39 is 42.0 Å². The van der Waals surface area contributed by atoms with Crippen LogP contribution in [0.15, 0.2) is 48.5 Å². The molecule has 2 amide bonds. The summed E-state index contributed by atoms with van der Waals surface area (Å²) in [6, 6.07) is 10.5. The molecule has 3 aromatic rings. The van der Waals surface area contributed by atoms with Gasteiger partial charge in [-0.15, -0.1) is 0 Å². The van der Waals surface area contributed by atoms with Crippen LogP contribution >= 0.6 is 23.2 Å². The van der Waals surface area contributed by atoms with E-state index in [2.05, 4.69) is 10.6 Å². The monoisotopic (exact) mass is 622 g/mol. The minimum Gasteiger partial charge on any atom is -0.870 e. The van der Waals surface area contributed by atoms with Gasteiger partial charge >= 0.3 is 31.0 Å². The van der Waals surface area contributed by atoms with Crippen LogP contribution in [-0.2, 0) is 22.2 Å².